The summed E-state index contributed by atoms with van der Waals surface area (Å²) in [5, 5.41) is 0. The predicted octanol–water partition coefficient (Wildman–Crippen LogP) is 2.45. The fourth-order valence-corrected chi connectivity index (χ4v) is 2.40. The molecule has 0 aliphatic carbocycles. The van der Waals surface area contributed by atoms with Crippen molar-refractivity contribution in [2.24, 2.45) is 0 Å². The van der Waals surface area contributed by atoms with E-state index in [0.29, 0.717) is 12.4 Å². The fraction of sp³-hybridized carbons (Fsp3) is 0.500. The molecule has 0 bridgehead atoms. The number of likely N-dealkylation sites (tertiary alicyclic amines) is 1. The Morgan fingerprint density at radius 2 is 2.35 bits per heavy atom. The fourth-order valence-electron chi connectivity index (χ4n) is 2.08. The molecule has 0 radical (unpaired) electrons. The first-order chi connectivity index (χ1) is 8.22. The van der Waals surface area contributed by atoms with E-state index in [1.54, 1.807) is 4.90 Å². The van der Waals surface area contributed by atoms with Crippen LogP contribution in [0.2, 0.25) is 0 Å². The molecule has 5 heteroatoms. The van der Waals surface area contributed by atoms with Crippen molar-refractivity contribution in [1.82, 2.24) is 9.88 Å². The van der Waals surface area contributed by atoms with E-state index in [4.69, 9.17) is 11.6 Å². The number of aromatic nitrogens is 1. The average Bonchev–Trinajstić information content (AvgIpc) is 2.39. The number of carbonyl (C=O) groups excluding carboxylic acids is 1. The van der Waals surface area contributed by atoms with Crippen molar-refractivity contribution >= 4 is 17.5 Å². The molecule has 1 aromatic heterocycles. The van der Waals surface area contributed by atoms with Gasteiger partial charge in [0.25, 0.3) is 5.91 Å². The van der Waals surface area contributed by atoms with Crippen LogP contribution in [-0.2, 0) is 0 Å². The van der Waals surface area contributed by atoms with Crippen molar-refractivity contribution in [1.29, 1.82) is 0 Å². The molecule has 0 saturated carbocycles. The minimum atomic E-state index is -0.436. The van der Waals surface area contributed by atoms with E-state index in [1.165, 1.54) is 12.1 Å². The normalized spacial score (nSPS) is 20.4. The molecule has 17 heavy (non-hydrogen) atoms. The minimum Gasteiger partial charge on any atom is -0.333 e. The zero-order chi connectivity index (χ0) is 12.3. The van der Waals surface area contributed by atoms with Crippen molar-refractivity contribution in [3.05, 3.63) is 29.8 Å². The Kier molecular flexibility index (Phi) is 3.94. The van der Waals surface area contributed by atoms with Gasteiger partial charge in [-0.1, -0.05) is 0 Å². The monoisotopic (exact) mass is 256 g/mol. The number of halogens is 2. The summed E-state index contributed by atoms with van der Waals surface area (Å²) in [6.45, 7) is 0.704. The van der Waals surface area contributed by atoms with Gasteiger partial charge in [-0.2, -0.15) is 0 Å². The van der Waals surface area contributed by atoms with Gasteiger partial charge in [0.1, 0.15) is 11.5 Å². The lowest BCUT2D eigenvalue weighted by molar-refractivity contribution is 0.0633. The van der Waals surface area contributed by atoms with Gasteiger partial charge < -0.3 is 4.90 Å². The van der Waals surface area contributed by atoms with Crippen LogP contribution in [0.15, 0.2) is 18.3 Å². The van der Waals surface area contributed by atoms with Gasteiger partial charge in [0, 0.05) is 18.5 Å². The third-order valence-corrected chi connectivity index (χ3v) is 3.37. The van der Waals surface area contributed by atoms with Crippen molar-refractivity contribution in [2.75, 3.05) is 12.4 Å². The van der Waals surface area contributed by atoms with E-state index in [-0.39, 0.29) is 17.6 Å². The summed E-state index contributed by atoms with van der Waals surface area (Å²) in [5.74, 6) is -0.156. The van der Waals surface area contributed by atoms with Crippen LogP contribution in [0, 0.1) is 5.82 Å². The summed E-state index contributed by atoms with van der Waals surface area (Å²) in [4.78, 5) is 17.7. The predicted molar refractivity (Wildman–Crippen MR) is 63.6 cm³/mol. The first-order valence-electron chi connectivity index (χ1n) is 5.71. The van der Waals surface area contributed by atoms with E-state index in [1.807, 2.05) is 0 Å². The van der Waals surface area contributed by atoms with E-state index >= 15 is 0 Å². The molecule has 1 aromatic rings. The lowest BCUT2D eigenvalue weighted by Gasteiger charge is -2.34. The SMILES string of the molecule is O=C(c1ccc(F)cn1)N1CCCCC1CCl. The number of nitrogens with zero attached hydrogens (tertiary/aromatic N) is 2. The van der Waals surface area contributed by atoms with Crippen LogP contribution in [-0.4, -0.2) is 34.3 Å². The number of amides is 1. The molecule has 2 heterocycles. The maximum absolute atomic E-state index is 12.7. The maximum Gasteiger partial charge on any atom is 0.272 e. The van der Waals surface area contributed by atoms with Crippen molar-refractivity contribution in [3.63, 3.8) is 0 Å². The first kappa shape index (κ1) is 12.3. The first-order valence-corrected chi connectivity index (χ1v) is 6.24. The Balaban J connectivity index is 2.15. The van der Waals surface area contributed by atoms with Gasteiger partial charge in [0.2, 0.25) is 0 Å². The zero-order valence-electron chi connectivity index (χ0n) is 9.40. The average molecular weight is 257 g/mol. The van der Waals surface area contributed by atoms with Crippen molar-refractivity contribution < 1.29 is 9.18 Å². The highest BCUT2D eigenvalue weighted by molar-refractivity contribution is 6.18. The smallest absolute Gasteiger partial charge is 0.272 e. The summed E-state index contributed by atoms with van der Waals surface area (Å²) in [7, 11) is 0. The molecular weight excluding hydrogens is 243 g/mol. The summed E-state index contributed by atoms with van der Waals surface area (Å²) >= 11 is 5.86. The second kappa shape index (κ2) is 5.45. The molecule has 0 spiro atoms. The number of hydrogen-bond acceptors (Lipinski definition) is 2. The van der Waals surface area contributed by atoms with Gasteiger partial charge in [-0.15, -0.1) is 11.6 Å². The highest BCUT2D eigenvalue weighted by Gasteiger charge is 2.27. The Bertz CT molecular complexity index is 396. The Labute approximate surface area is 105 Å². The lowest BCUT2D eigenvalue weighted by atomic mass is 10.0. The topological polar surface area (TPSA) is 33.2 Å². The largest absolute Gasteiger partial charge is 0.333 e. The molecule has 92 valence electrons. The quantitative estimate of drug-likeness (QED) is 0.762. The molecule has 2 rings (SSSR count). The van der Waals surface area contributed by atoms with Gasteiger partial charge in [-0.05, 0) is 31.4 Å². The van der Waals surface area contributed by atoms with Crippen LogP contribution >= 0.6 is 11.6 Å². The number of alkyl halides is 1. The molecule has 0 N–H and O–H groups in total. The van der Waals surface area contributed by atoms with Crippen LogP contribution in [0.25, 0.3) is 0 Å². The highest BCUT2D eigenvalue weighted by atomic mass is 35.5. The van der Waals surface area contributed by atoms with Crippen LogP contribution in [0.3, 0.4) is 0 Å². The van der Waals surface area contributed by atoms with Crippen LogP contribution < -0.4 is 0 Å². The second-order valence-electron chi connectivity index (χ2n) is 4.16. The van der Waals surface area contributed by atoms with Gasteiger partial charge >= 0.3 is 0 Å². The van der Waals surface area contributed by atoms with Gasteiger partial charge in [-0.25, -0.2) is 9.37 Å². The molecule has 1 unspecified atom stereocenters. The zero-order valence-corrected chi connectivity index (χ0v) is 10.2. The summed E-state index contributed by atoms with van der Waals surface area (Å²) in [5.41, 5.74) is 0.281. The number of rotatable bonds is 2. The van der Waals surface area contributed by atoms with E-state index in [0.717, 1.165) is 25.5 Å². The molecule has 1 atom stereocenters. The van der Waals surface area contributed by atoms with Crippen LogP contribution in [0.4, 0.5) is 4.39 Å². The van der Waals surface area contributed by atoms with Crippen LogP contribution in [0.1, 0.15) is 29.8 Å². The maximum atomic E-state index is 12.7. The standard InChI is InChI=1S/C12H14ClFN2O/c13-7-10-3-1-2-6-16(10)12(17)11-5-4-9(14)8-15-11/h4-5,8,10H,1-3,6-7H2. The van der Waals surface area contributed by atoms with Crippen molar-refractivity contribution in [3.8, 4) is 0 Å². The Hall–Kier alpha value is -1.16. The molecule has 1 saturated heterocycles. The van der Waals surface area contributed by atoms with Crippen molar-refractivity contribution in [2.45, 2.75) is 25.3 Å². The molecule has 1 aliphatic rings. The van der Waals surface area contributed by atoms with Gasteiger partial charge in [-0.3, -0.25) is 4.79 Å². The van der Waals surface area contributed by atoms with E-state index < -0.39 is 5.82 Å². The minimum absolute atomic E-state index is 0.0739. The van der Waals surface area contributed by atoms with E-state index in [9.17, 15) is 9.18 Å². The summed E-state index contributed by atoms with van der Waals surface area (Å²) in [6.07, 6.45) is 4.07. The van der Waals surface area contributed by atoms with Gasteiger partial charge in [0.05, 0.1) is 6.20 Å². The molecule has 0 aromatic carbocycles. The number of piperidine rings is 1. The number of carbonyl (C=O) groups is 1. The van der Waals surface area contributed by atoms with Gasteiger partial charge in [0.15, 0.2) is 0 Å². The molecule has 3 nitrogen and oxygen atoms in total. The number of pyridine rings is 1. The van der Waals surface area contributed by atoms with Crippen LogP contribution in [0.5, 0.6) is 0 Å². The molecule has 1 aliphatic heterocycles. The molecule has 1 amide bonds. The van der Waals surface area contributed by atoms with E-state index in [2.05, 4.69) is 4.98 Å². The third-order valence-electron chi connectivity index (χ3n) is 3.01. The third kappa shape index (κ3) is 2.75. The second-order valence-corrected chi connectivity index (χ2v) is 4.47. The Morgan fingerprint density at radius 3 is 3.00 bits per heavy atom. The summed E-state index contributed by atoms with van der Waals surface area (Å²) < 4.78 is 12.7. The number of hydrogen-bond donors (Lipinski definition) is 0. The Morgan fingerprint density at radius 1 is 1.53 bits per heavy atom. The molecular formula is C12H14ClFN2O. The lowest BCUT2D eigenvalue weighted by Crippen LogP contribution is -2.45. The molecule has 1 fully saturated rings. The summed E-state index contributed by atoms with van der Waals surface area (Å²) in [6, 6.07) is 2.74. The highest BCUT2D eigenvalue weighted by Crippen LogP contribution is 2.20.